The summed E-state index contributed by atoms with van der Waals surface area (Å²) in [7, 11) is 0. The van der Waals surface area contributed by atoms with Crippen LogP contribution in [-0.4, -0.2) is 30.6 Å². The van der Waals surface area contributed by atoms with Gasteiger partial charge in [-0.3, -0.25) is 18.7 Å². The predicted octanol–water partition coefficient (Wildman–Crippen LogP) is 10.5. The van der Waals surface area contributed by atoms with Crippen LogP contribution in [0, 0.1) is 0 Å². The largest absolute Gasteiger partial charge is 0.268 e. The first-order valence-corrected chi connectivity index (χ1v) is 22.4. The molecule has 0 bridgehead atoms. The average molecular weight is 775 g/mol. The summed E-state index contributed by atoms with van der Waals surface area (Å²) in [5.41, 5.74) is 9.77. The second-order valence-electron chi connectivity index (χ2n) is 16.2. The van der Waals surface area contributed by atoms with Gasteiger partial charge in [0.15, 0.2) is 10.3 Å². The van der Waals surface area contributed by atoms with Crippen molar-refractivity contribution in [3.8, 4) is 33.9 Å². The number of aromatic nitrogens is 4. The standard InChI is InChI=1S/C48H46N4O2S2/c53-43-39-41(37-23-11-9-17-33(37)31-47(39)25-13-3-14-26-47)49-45(51(43)35-19-5-1-6-20-35)55-29-30-56-46-50-42-38-24-12-10-18-34(38)32-48(27-15-4-16-28-48)40(42)44(54)52(46)36-21-7-2-8-22-36/h1-2,5-12,17-24H,3-4,13-16,25-32H2. The van der Waals surface area contributed by atoms with Crippen molar-refractivity contribution in [2.45, 2.75) is 98.2 Å². The molecule has 56 heavy (non-hydrogen) atoms. The minimum absolute atomic E-state index is 0.0670. The maximum Gasteiger partial charge on any atom is 0.263 e. The van der Waals surface area contributed by atoms with Crippen LogP contribution in [0.15, 0.2) is 129 Å². The van der Waals surface area contributed by atoms with E-state index in [1.54, 1.807) is 23.5 Å². The molecule has 0 amide bonds. The lowest BCUT2D eigenvalue weighted by atomic mass is 9.62. The molecule has 0 aliphatic heterocycles. The molecule has 0 radical (unpaired) electrons. The van der Waals surface area contributed by atoms with E-state index in [9.17, 15) is 0 Å². The number of benzene rings is 4. The Morgan fingerprint density at radius 1 is 0.482 bits per heavy atom. The van der Waals surface area contributed by atoms with Crippen molar-refractivity contribution < 1.29 is 0 Å². The van der Waals surface area contributed by atoms with Crippen LogP contribution in [0.2, 0.25) is 0 Å². The van der Waals surface area contributed by atoms with E-state index >= 15 is 9.59 Å². The zero-order chi connectivity index (χ0) is 37.7. The van der Waals surface area contributed by atoms with Crippen LogP contribution in [0.5, 0.6) is 0 Å². The highest BCUT2D eigenvalue weighted by Gasteiger charge is 2.45. The van der Waals surface area contributed by atoms with Gasteiger partial charge in [-0.15, -0.1) is 0 Å². The van der Waals surface area contributed by atoms with Gasteiger partial charge in [-0.05, 0) is 73.9 Å². The number of nitrogens with zero attached hydrogens (tertiary/aromatic N) is 4. The van der Waals surface area contributed by atoms with Gasteiger partial charge >= 0.3 is 0 Å². The normalized spacial score (nSPS) is 17.5. The molecule has 6 aromatic rings. The molecule has 282 valence electrons. The molecule has 0 atom stereocenters. The van der Waals surface area contributed by atoms with Gasteiger partial charge in [0.2, 0.25) is 0 Å². The molecule has 0 unspecified atom stereocenters. The zero-order valence-electron chi connectivity index (χ0n) is 31.7. The molecule has 6 nitrogen and oxygen atoms in total. The van der Waals surface area contributed by atoms with Gasteiger partial charge in [0.25, 0.3) is 11.1 Å². The summed E-state index contributed by atoms with van der Waals surface area (Å²) in [5.74, 6) is 1.36. The second-order valence-corrected chi connectivity index (χ2v) is 18.4. The number of rotatable bonds is 7. The lowest BCUT2D eigenvalue weighted by Gasteiger charge is -2.42. The molecule has 8 heteroatoms. The second kappa shape index (κ2) is 14.7. The van der Waals surface area contributed by atoms with Crippen LogP contribution in [0.4, 0.5) is 0 Å². The van der Waals surface area contributed by atoms with Gasteiger partial charge in [0, 0.05) is 33.5 Å². The number of fused-ring (bicyclic) bond motifs is 8. The van der Waals surface area contributed by atoms with Crippen LogP contribution < -0.4 is 11.1 Å². The van der Waals surface area contributed by atoms with Crippen LogP contribution >= 0.6 is 23.5 Å². The number of para-hydroxylation sites is 2. The molecule has 2 aromatic heterocycles. The summed E-state index contributed by atoms with van der Waals surface area (Å²) in [6.07, 6.45) is 12.9. The minimum atomic E-state index is -0.185. The lowest BCUT2D eigenvalue weighted by Crippen LogP contribution is -2.43. The quantitative estimate of drug-likeness (QED) is 0.0914. The maximum atomic E-state index is 15.0. The SMILES string of the molecule is O=c1c2c(nc(SCCSc3nc4c(c(=O)n3-c3ccccc3)C3(CCCCC3)Cc3ccccc3-4)n1-c1ccccc1)-c1ccccc1CC21CCCCC1. The monoisotopic (exact) mass is 774 g/mol. The molecule has 4 aliphatic rings. The van der Waals surface area contributed by atoms with Crippen molar-refractivity contribution in [2.75, 3.05) is 11.5 Å². The van der Waals surface area contributed by atoms with Crippen molar-refractivity contribution in [3.05, 3.63) is 152 Å². The van der Waals surface area contributed by atoms with Crippen molar-refractivity contribution in [2.24, 2.45) is 0 Å². The van der Waals surface area contributed by atoms with Gasteiger partial charge in [-0.2, -0.15) is 0 Å². The average Bonchev–Trinajstić information content (AvgIpc) is 3.23. The lowest BCUT2D eigenvalue weighted by molar-refractivity contribution is 0.283. The summed E-state index contributed by atoms with van der Waals surface area (Å²) >= 11 is 3.23. The van der Waals surface area contributed by atoms with Gasteiger partial charge in [-0.25, -0.2) is 9.97 Å². The highest BCUT2D eigenvalue weighted by Crippen LogP contribution is 2.50. The summed E-state index contributed by atoms with van der Waals surface area (Å²) in [5, 5.41) is 1.41. The third-order valence-electron chi connectivity index (χ3n) is 13.0. The van der Waals surface area contributed by atoms with E-state index in [0.29, 0.717) is 21.8 Å². The number of hydrogen-bond acceptors (Lipinski definition) is 6. The van der Waals surface area contributed by atoms with E-state index in [1.165, 1.54) is 24.0 Å². The van der Waals surface area contributed by atoms with Crippen LogP contribution in [0.1, 0.15) is 86.5 Å². The van der Waals surface area contributed by atoms with Crippen LogP contribution in [0.3, 0.4) is 0 Å². The first kappa shape index (κ1) is 35.7. The van der Waals surface area contributed by atoms with Gasteiger partial charge in [0.1, 0.15) is 0 Å². The fourth-order valence-corrected chi connectivity index (χ4v) is 12.4. The van der Waals surface area contributed by atoms with Crippen molar-refractivity contribution in [3.63, 3.8) is 0 Å². The van der Waals surface area contributed by atoms with Gasteiger partial charge in [-0.1, -0.05) is 147 Å². The van der Waals surface area contributed by atoms with E-state index in [1.807, 2.05) is 69.8 Å². The van der Waals surface area contributed by atoms with Crippen LogP contribution in [-0.2, 0) is 23.7 Å². The Bertz CT molecular complexity index is 2370. The summed E-state index contributed by atoms with van der Waals surface area (Å²) < 4.78 is 3.74. The highest BCUT2D eigenvalue weighted by molar-refractivity contribution is 8.02. The van der Waals surface area contributed by atoms with E-state index in [0.717, 1.165) is 109 Å². The fourth-order valence-electron chi connectivity index (χ4n) is 10.4. The van der Waals surface area contributed by atoms with E-state index in [4.69, 9.17) is 9.97 Å². The minimum Gasteiger partial charge on any atom is -0.268 e. The van der Waals surface area contributed by atoms with Crippen LogP contribution in [0.25, 0.3) is 33.9 Å². The third kappa shape index (κ3) is 6.02. The molecule has 0 saturated heterocycles. The van der Waals surface area contributed by atoms with Crippen molar-refractivity contribution in [1.82, 2.24) is 19.1 Å². The molecule has 2 saturated carbocycles. The van der Waals surface area contributed by atoms with Gasteiger partial charge in [0.05, 0.1) is 33.9 Å². The Kier molecular flexibility index (Phi) is 9.37. The third-order valence-corrected chi connectivity index (χ3v) is 15.1. The van der Waals surface area contributed by atoms with Gasteiger partial charge < -0.3 is 0 Å². The molecular formula is C48H46N4O2S2. The Morgan fingerprint density at radius 3 is 1.27 bits per heavy atom. The molecule has 2 spiro atoms. The fraction of sp³-hybridized carbons (Fsp3) is 0.333. The summed E-state index contributed by atoms with van der Waals surface area (Å²) in [6, 6.07) is 37.2. The Hall–Kier alpha value is -4.66. The highest BCUT2D eigenvalue weighted by atomic mass is 32.2. The topological polar surface area (TPSA) is 69.8 Å². The first-order chi connectivity index (χ1) is 27.6. The molecule has 10 rings (SSSR count). The molecule has 0 N–H and O–H groups in total. The number of hydrogen-bond donors (Lipinski definition) is 0. The molecule has 4 aliphatic carbocycles. The Balaban J connectivity index is 1.04. The van der Waals surface area contributed by atoms with E-state index in [-0.39, 0.29) is 21.9 Å². The smallest absolute Gasteiger partial charge is 0.263 e. The maximum absolute atomic E-state index is 15.0. The molecule has 4 aromatic carbocycles. The van der Waals surface area contributed by atoms with E-state index in [2.05, 4.69) is 48.5 Å². The summed E-state index contributed by atoms with van der Waals surface area (Å²) in [6.45, 7) is 0. The predicted molar refractivity (Wildman–Crippen MR) is 229 cm³/mol. The van der Waals surface area contributed by atoms with E-state index < -0.39 is 0 Å². The molecular weight excluding hydrogens is 729 g/mol. The molecule has 2 heterocycles. The molecule has 2 fully saturated rings. The first-order valence-electron chi connectivity index (χ1n) is 20.4. The Labute approximate surface area is 336 Å². The Morgan fingerprint density at radius 2 is 0.857 bits per heavy atom. The summed E-state index contributed by atoms with van der Waals surface area (Å²) in [4.78, 5) is 40.9. The zero-order valence-corrected chi connectivity index (χ0v) is 33.3. The van der Waals surface area contributed by atoms with Crippen molar-refractivity contribution in [1.29, 1.82) is 0 Å². The van der Waals surface area contributed by atoms with Crippen molar-refractivity contribution >= 4 is 23.5 Å². The number of thioether (sulfide) groups is 2.